The third-order valence-electron chi connectivity index (χ3n) is 7.04. The number of nitrogens with two attached hydrogens (primary N) is 1. The Morgan fingerprint density at radius 3 is 2.95 bits per heavy atom. The summed E-state index contributed by atoms with van der Waals surface area (Å²) in [6.07, 6.45) is 5.99. The number of rotatable bonds is 9. The van der Waals surface area contributed by atoms with Crippen LogP contribution < -0.4 is 10.1 Å². The first-order valence-electron chi connectivity index (χ1n) is 12.8. The molecule has 1 fully saturated rings. The molecule has 0 aliphatic carbocycles. The van der Waals surface area contributed by atoms with Gasteiger partial charge in [0.05, 0.1) is 35.5 Å². The number of carbonyl (C=O) groups excluding carboxylic acids is 1. The molecule has 0 spiro atoms. The van der Waals surface area contributed by atoms with E-state index in [1.54, 1.807) is 6.20 Å². The molecular weight excluding hydrogens is 500 g/mol. The first-order chi connectivity index (χ1) is 18.7. The first-order valence-corrected chi connectivity index (χ1v) is 13.6. The van der Waals surface area contributed by atoms with Crippen LogP contribution >= 0.6 is 11.3 Å². The zero-order valence-corrected chi connectivity index (χ0v) is 21.9. The minimum absolute atomic E-state index is 0.300. The lowest BCUT2D eigenvalue weighted by atomic mass is 10.1. The molecule has 1 saturated heterocycles. The SMILES string of the molecule is COC(=O)c1ccc(CN2CCCC2C[NH2+]Cc2coc3cc(Oc4nc5ncccc5s4)ccc23)cc1. The Morgan fingerprint density at radius 1 is 1.21 bits per heavy atom. The summed E-state index contributed by atoms with van der Waals surface area (Å²) in [5.41, 5.74) is 4.48. The van der Waals surface area contributed by atoms with Crippen molar-refractivity contribution in [2.24, 2.45) is 0 Å². The van der Waals surface area contributed by atoms with E-state index in [0.29, 0.717) is 28.2 Å². The van der Waals surface area contributed by atoms with Gasteiger partial charge in [-0.1, -0.05) is 23.5 Å². The number of furan rings is 1. The van der Waals surface area contributed by atoms with Crippen molar-refractivity contribution in [3.63, 3.8) is 0 Å². The summed E-state index contributed by atoms with van der Waals surface area (Å²) in [4.78, 5) is 22.9. The molecule has 1 aliphatic rings. The maximum Gasteiger partial charge on any atom is 0.337 e. The molecule has 5 aromatic rings. The molecule has 6 rings (SSSR count). The van der Waals surface area contributed by atoms with E-state index in [1.165, 1.54) is 42.4 Å². The number of thiazole rings is 1. The highest BCUT2D eigenvalue weighted by atomic mass is 32.1. The van der Waals surface area contributed by atoms with E-state index in [4.69, 9.17) is 13.9 Å². The Bertz CT molecular complexity index is 1530. The second-order valence-electron chi connectivity index (χ2n) is 9.51. The van der Waals surface area contributed by atoms with Gasteiger partial charge in [-0.2, -0.15) is 4.98 Å². The first kappa shape index (κ1) is 24.5. The second kappa shape index (κ2) is 10.9. The summed E-state index contributed by atoms with van der Waals surface area (Å²) in [6.45, 7) is 3.87. The molecule has 38 heavy (non-hydrogen) atoms. The van der Waals surface area contributed by atoms with Gasteiger partial charge in [-0.25, -0.2) is 9.78 Å². The topological polar surface area (TPSA) is 94.3 Å². The molecule has 4 heterocycles. The largest absolute Gasteiger partial charge is 0.465 e. The molecule has 9 heteroatoms. The number of nitrogens with zero attached hydrogens (tertiary/aromatic N) is 3. The molecule has 0 radical (unpaired) electrons. The second-order valence-corrected chi connectivity index (χ2v) is 10.5. The van der Waals surface area contributed by atoms with Crippen LogP contribution in [0.15, 0.2) is 71.5 Å². The Labute approximate surface area is 224 Å². The number of quaternary nitrogens is 1. The van der Waals surface area contributed by atoms with Gasteiger partial charge in [0.1, 0.15) is 24.1 Å². The number of likely N-dealkylation sites (tertiary alicyclic amines) is 1. The summed E-state index contributed by atoms with van der Waals surface area (Å²) < 4.78 is 17.7. The van der Waals surface area contributed by atoms with E-state index in [9.17, 15) is 4.79 Å². The fraction of sp³-hybridized carbons (Fsp3) is 0.276. The summed E-state index contributed by atoms with van der Waals surface area (Å²) in [6, 6.07) is 18.1. The highest BCUT2D eigenvalue weighted by Gasteiger charge is 2.26. The van der Waals surface area contributed by atoms with Gasteiger partial charge in [0.15, 0.2) is 5.65 Å². The zero-order chi connectivity index (χ0) is 25.9. The molecule has 0 amide bonds. The molecule has 2 N–H and O–H groups in total. The third kappa shape index (κ3) is 5.26. The van der Waals surface area contributed by atoms with Gasteiger partial charge in [-0.05, 0) is 61.3 Å². The van der Waals surface area contributed by atoms with Gasteiger partial charge in [-0.15, -0.1) is 0 Å². The van der Waals surface area contributed by atoms with Crippen molar-refractivity contribution < 1.29 is 24.0 Å². The fourth-order valence-corrected chi connectivity index (χ4v) is 5.87. The Morgan fingerprint density at radius 2 is 2.11 bits per heavy atom. The maximum absolute atomic E-state index is 11.7. The molecule has 3 aromatic heterocycles. The summed E-state index contributed by atoms with van der Waals surface area (Å²) in [7, 11) is 1.41. The number of esters is 1. The standard InChI is InChI=1S/C29H28N4O4S/c1-35-28(34)20-8-6-19(7-9-20)17-33-13-3-4-22(33)16-30-15-21-18-36-25-14-23(10-11-24(21)25)37-29-32-27-26(38-29)5-2-12-31-27/h2,5-12,14,18,22,30H,3-4,13,15-17H2,1H3/p+1. The van der Waals surface area contributed by atoms with Crippen molar-refractivity contribution in [1.82, 2.24) is 14.9 Å². The minimum Gasteiger partial charge on any atom is -0.465 e. The lowest BCUT2D eigenvalue weighted by Crippen LogP contribution is -2.85. The molecule has 1 atom stereocenters. The van der Waals surface area contributed by atoms with Gasteiger partial charge < -0.3 is 19.2 Å². The molecule has 1 aliphatic heterocycles. The molecule has 2 aromatic carbocycles. The van der Waals surface area contributed by atoms with Gasteiger partial charge in [-0.3, -0.25) is 4.90 Å². The fourth-order valence-electron chi connectivity index (χ4n) is 5.08. The lowest BCUT2D eigenvalue weighted by Gasteiger charge is -2.23. The Balaban J connectivity index is 1.04. The van der Waals surface area contributed by atoms with E-state index < -0.39 is 0 Å². The number of aromatic nitrogens is 2. The monoisotopic (exact) mass is 529 g/mol. The Hall–Kier alpha value is -3.79. The minimum atomic E-state index is -0.300. The summed E-state index contributed by atoms with van der Waals surface area (Å²) in [5, 5.41) is 4.04. The van der Waals surface area contributed by atoms with Crippen molar-refractivity contribution in [3.05, 3.63) is 83.7 Å². The van der Waals surface area contributed by atoms with Crippen LogP contribution in [0.2, 0.25) is 0 Å². The van der Waals surface area contributed by atoms with Crippen LogP contribution in [0.25, 0.3) is 21.3 Å². The smallest absolute Gasteiger partial charge is 0.337 e. The Kier molecular flexibility index (Phi) is 7.04. The predicted molar refractivity (Wildman–Crippen MR) is 145 cm³/mol. The average Bonchev–Trinajstić information content (AvgIpc) is 3.67. The van der Waals surface area contributed by atoms with Crippen LogP contribution in [0.5, 0.6) is 10.9 Å². The number of fused-ring (bicyclic) bond motifs is 2. The number of ether oxygens (including phenoxy) is 2. The van der Waals surface area contributed by atoms with Crippen molar-refractivity contribution in [3.8, 4) is 10.9 Å². The number of carbonyl (C=O) groups is 1. The number of hydrogen-bond acceptors (Lipinski definition) is 8. The van der Waals surface area contributed by atoms with Gasteiger partial charge in [0.2, 0.25) is 0 Å². The van der Waals surface area contributed by atoms with Crippen molar-refractivity contribution in [2.75, 3.05) is 20.2 Å². The third-order valence-corrected chi connectivity index (χ3v) is 7.93. The number of benzene rings is 2. The number of hydrogen-bond donors (Lipinski definition) is 1. The molecular formula is C29H29N4O4S+. The van der Waals surface area contributed by atoms with Crippen LogP contribution in [0.4, 0.5) is 0 Å². The average molecular weight is 530 g/mol. The number of methoxy groups -OCH3 is 1. The van der Waals surface area contributed by atoms with Crippen LogP contribution in [-0.2, 0) is 17.8 Å². The van der Waals surface area contributed by atoms with E-state index in [0.717, 1.165) is 41.8 Å². The van der Waals surface area contributed by atoms with Gasteiger partial charge in [0, 0.05) is 24.2 Å². The van der Waals surface area contributed by atoms with Crippen LogP contribution in [0.3, 0.4) is 0 Å². The van der Waals surface area contributed by atoms with Crippen LogP contribution in [0, 0.1) is 0 Å². The van der Waals surface area contributed by atoms with E-state index in [2.05, 4.69) is 26.3 Å². The zero-order valence-electron chi connectivity index (χ0n) is 21.1. The number of pyridine rings is 1. The van der Waals surface area contributed by atoms with Crippen LogP contribution in [0.1, 0.15) is 34.3 Å². The van der Waals surface area contributed by atoms with Gasteiger partial charge >= 0.3 is 5.97 Å². The van der Waals surface area contributed by atoms with Crippen molar-refractivity contribution in [2.45, 2.75) is 32.0 Å². The van der Waals surface area contributed by atoms with E-state index in [1.807, 2.05) is 54.8 Å². The normalized spacial score (nSPS) is 15.9. The quantitative estimate of drug-likeness (QED) is 0.276. The molecule has 1 unspecified atom stereocenters. The van der Waals surface area contributed by atoms with E-state index >= 15 is 0 Å². The molecule has 0 saturated carbocycles. The molecule has 0 bridgehead atoms. The molecule has 8 nitrogen and oxygen atoms in total. The summed E-state index contributed by atoms with van der Waals surface area (Å²) >= 11 is 1.47. The van der Waals surface area contributed by atoms with Crippen LogP contribution in [-0.4, -0.2) is 47.1 Å². The van der Waals surface area contributed by atoms with Gasteiger partial charge in [0.25, 0.3) is 5.19 Å². The highest BCUT2D eigenvalue weighted by molar-refractivity contribution is 7.20. The summed E-state index contributed by atoms with van der Waals surface area (Å²) in [5.74, 6) is 0.397. The predicted octanol–water partition coefficient (Wildman–Crippen LogP) is 4.74. The lowest BCUT2D eigenvalue weighted by molar-refractivity contribution is -0.674. The molecule has 194 valence electrons. The maximum atomic E-state index is 11.7. The highest BCUT2D eigenvalue weighted by Crippen LogP contribution is 2.32. The van der Waals surface area contributed by atoms with E-state index in [-0.39, 0.29) is 5.97 Å². The van der Waals surface area contributed by atoms with Crippen molar-refractivity contribution >= 4 is 38.6 Å². The van der Waals surface area contributed by atoms with Crippen molar-refractivity contribution in [1.29, 1.82) is 0 Å².